The van der Waals surface area contributed by atoms with E-state index in [2.05, 4.69) is 0 Å². The number of rotatable bonds is 0. The van der Waals surface area contributed by atoms with Gasteiger partial charge in [0.15, 0.2) is 11.4 Å². The average molecular weight is 168 g/mol. The summed E-state index contributed by atoms with van der Waals surface area (Å²) >= 11 is 0. The normalized spacial score (nSPS) is 33.0. The Kier molecular flexibility index (Phi) is 1.85. The van der Waals surface area contributed by atoms with Crippen molar-refractivity contribution in [2.24, 2.45) is 0 Å². The van der Waals surface area contributed by atoms with Crippen molar-refractivity contribution in [3.8, 4) is 0 Å². The molecule has 0 heterocycles. The van der Waals surface area contributed by atoms with E-state index in [9.17, 15) is 14.7 Å². The maximum Gasteiger partial charge on any atom is 0.205 e. The molecule has 12 heavy (non-hydrogen) atoms. The van der Waals surface area contributed by atoms with Crippen molar-refractivity contribution in [3.05, 3.63) is 24.0 Å². The zero-order valence-electron chi connectivity index (χ0n) is 6.44. The summed E-state index contributed by atoms with van der Waals surface area (Å²) in [7, 11) is 0. The summed E-state index contributed by atoms with van der Waals surface area (Å²) in [5, 5.41) is 17.8. The third-order valence-electron chi connectivity index (χ3n) is 1.74. The SMILES string of the molecule is C[C@@]1(O)C(=O)C=C/C(=C/O)C1=O. The molecule has 1 aliphatic carbocycles. The lowest BCUT2D eigenvalue weighted by Crippen LogP contribution is -2.45. The van der Waals surface area contributed by atoms with E-state index in [0.29, 0.717) is 6.26 Å². The predicted octanol–water partition coefficient (Wildman–Crippen LogP) is -0.113. The van der Waals surface area contributed by atoms with Crippen LogP contribution in [-0.4, -0.2) is 27.4 Å². The first-order valence-electron chi connectivity index (χ1n) is 3.34. The zero-order valence-corrected chi connectivity index (χ0v) is 6.44. The van der Waals surface area contributed by atoms with Crippen LogP contribution in [0.15, 0.2) is 24.0 Å². The van der Waals surface area contributed by atoms with Gasteiger partial charge in [-0.05, 0) is 19.1 Å². The minimum atomic E-state index is -2.02. The molecule has 2 N–H and O–H groups in total. The molecule has 0 spiro atoms. The van der Waals surface area contributed by atoms with E-state index in [0.717, 1.165) is 13.0 Å². The van der Waals surface area contributed by atoms with Crippen LogP contribution < -0.4 is 0 Å². The van der Waals surface area contributed by atoms with Crippen molar-refractivity contribution in [1.29, 1.82) is 0 Å². The van der Waals surface area contributed by atoms with Crippen LogP contribution >= 0.6 is 0 Å². The van der Waals surface area contributed by atoms with Gasteiger partial charge in [-0.2, -0.15) is 0 Å². The molecule has 0 saturated heterocycles. The van der Waals surface area contributed by atoms with Gasteiger partial charge in [0.05, 0.1) is 11.8 Å². The Labute approximate surface area is 68.8 Å². The summed E-state index contributed by atoms with van der Waals surface area (Å²) in [4.78, 5) is 22.1. The Morgan fingerprint density at radius 1 is 1.42 bits per heavy atom. The van der Waals surface area contributed by atoms with E-state index in [-0.39, 0.29) is 5.57 Å². The molecule has 4 nitrogen and oxygen atoms in total. The van der Waals surface area contributed by atoms with Gasteiger partial charge < -0.3 is 10.2 Å². The smallest absolute Gasteiger partial charge is 0.205 e. The summed E-state index contributed by atoms with van der Waals surface area (Å²) in [6.45, 7) is 1.10. The predicted molar refractivity (Wildman–Crippen MR) is 40.5 cm³/mol. The molecule has 0 saturated carbocycles. The van der Waals surface area contributed by atoms with Gasteiger partial charge in [0.25, 0.3) is 0 Å². The van der Waals surface area contributed by atoms with Crippen molar-refractivity contribution < 1.29 is 19.8 Å². The van der Waals surface area contributed by atoms with Crippen molar-refractivity contribution in [2.45, 2.75) is 12.5 Å². The van der Waals surface area contributed by atoms with E-state index < -0.39 is 17.2 Å². The molecule has 0 amide bonds. The fourth-order valence-electron chi connectivity index (χ4n) is 0.898. The summed E-state index contributed by atoms with van der Waals surface area (Å²) in [6, 6.07) is 0. The molecule has 0 radical (unpaired) electrons. The Balaban J connectivity index is 3.20. The van der Waals surface area contributed by atoms with E-state index in [1.165, 1.54) is 6.08 Å². The van der Waals surface area contributed by atoms with Gasteiger partial charge in [0, 0.05) is 0 Å². The van der Waals surface area contributed by atoms with Crippen LogP contribution in [0.4, 0.5) is 0 Å². The number of ketones is 2. The molecular formula is C8H8O4. The van der Waals surface area contributed by atoms with Gasteiger partial charge in [0.2, 0.25) is 5.78 Å². The molecule has 0 aromatic rings. The second-order valence-electron chi connectivity index (χ2n) is 2.68. The van der Waals surface area contributed by atoms with Gasteiger partial charge in [-0.25, -0.2) is 0 Å². The van der Waals surface area contributed by atoms with Crippen LogP contribution in [0, 0.1) is 0 Å². The molecule has 4 heteroatoms. The first-order chi connectivity index (χ1) is 5.50. The van der Waals surface area contributed by atoms with Crippen LogP contribution in [0.3, 0.4) is 0 Å². The van der Waals surface area contributed by atoms with Gasteiger partial charge >= 0.3 is 0 Å². The zero-order chi connectivity index (χ0) is 9.35. The standard InChI is InChI=1S/C8H8O4/c1-8(12)6(10)3-2-5(4-9)7(8)11/h2-4,9,12H,1H3/b5-4-/t8-/m1/s1. The lowest BCUT2D eigenvalue weighted by Gasteiger charge is -2.21. The van der Waals surface area contributed by atoms with Gasteiger partial charge in [-0.1, -0.05) is 0 Å². The number of Topliss-reactive ketones (excluding diaryl/α,β-unsaturated/α-hetero) is 1. The Morgan fingerprint density at radius 2 is 2.00 bits per heavy atom. The lowest BCUT2D eigenvalue weighted by molar-refractivity contribution is -0.143. The van der Waals surface area contributed by atoms with Crippen LogP contribution in [0.1, 0.15) is 6.92 Å². The maximum atomic E-state index is 11.1. The molecule has 0 aliphatic heterocycles. The topological polar surface area (TPSA) is 74.6 Å². The van der Waals surface area contributed by atoms with Crippen LogP contribution in [0.5, 0.6) is 0 Å². The quantitative estimate of drug-likeness (QED) is 0.300. The highest BCUT2D eigenvalue weighted by Gasteiger charge is 2.40. The van der Waals surface area contributed by atoms with E-state index in [1.54, 1.807) is 0 Å². The first kappa shape index (κ1) is 8.67. The van der Waals surface area contributed by atoms with E-state index in [4.69, 9.17) is 5.11 Å². The van der Waals surface area contributed by atoms with Gasteiger partial charge in [0.1, 0.15) is 0 Å². The fourth-order valence-corrected chi connectivity index (χ4v) is 0.898. The van der Waals surface area contributed by atoms with E-state index in [1.807, 2.05) is 0 Å². The Hall–Kier alpha value is -1.42. The highest BCUT2D eigenvalue weighted by molar-refractivity contribution is 6.23. The molecule has 0 aromatic carbocycles. The number of allylic oxidation sites excluding steroid dienone is 1. The molecular weight excluding hydrogens is 160 g/mol. The van der Waals surface area contributed by atoms with Crippen molar-refractivity contribution in [1.82, 2.24) is 0 Å². The second-order valence-corrected chi connectivity index (χ2v) is 2.68. The summed E-state index contributed by atoms with van der Waals surface area (Å²) < 4.78 is 0. The molecule has 1 aliphatic rings. The van der Waals surface area contributed by atoms with Crippen molar-refractivity contribution in [3.63, 3.8) is 0 Å². The molecule has 1 rings (SSSR count). The average Bonchev–Trinajstić information content (AvgIpc) is 2.02. The molecule has 0 fully saturated rings. The highest BCUT2D eigenvalue weighted by atomic mass is 16.3. The van der Waals surface area contributed by atoms with Crippen LogP contribution in [-0.2, 0) is 9.59 Å². The summed E-state index contributed by atoms with van der Waals surface area (Å²) in [5.41, 5.74) is -2.09. The highest BCUT2D eigenvalue weighted by Crippen LogP contribution is 2.19. The lowest BCUT2D eigenvalue weighted by atomic mass is 9.86. The third kappa shape index (κ3) is 1.06. The Morgan fingerprint density at radius 3 is 2.50 bits per heavy atom. The minimum Gasteiger partial charge on any atom is -0.515 e. The van der Waals surface area contributed by atoms with E-state index >= 15 is 0 Å². The van der Waals surface area contributed by atoms with Gasteiger partial charge in [-0.15, -0.1) is 0 Å². The first-order valence-corrected chi connectivity index (χ1v) is 3.34. The molecule has 64 valence electrons. The number of aliphatic hydroxyl groups excluding tert-OH is 1. The van der Waals surface area contributed by atoms with Crippen molar-refractivity contribution in [2.75, 3.05) is 0 Å². The number of aliphatic hydroxyl groups is 2. The summed E-state index contributed by atoms with van der Waals surface area (Å²) in [5.74, 6) is -1.45. The largest absolute Gasteiger partial charge is 0.515 e. The minimum absolute atomic E-state index is 0.0698. The molecule has 0 aromatic heterocycles. The fraction of sp³-hybridized carbons (Fsp3) is 0.250. The third-order valence-corrected chi connectivity index (χ3v) is 1.74. The second kappa shape index (κ2) is 2.57. The molecule has 0 unspecified atom stereocenters. The Bertz CT molecular complexity index is 296. The number of carbonyl (C=O) groups excluding carboxylic acids is 2. The number of hydrogen-bond acceptors (Lipinski definition) is 4. The van der Waals surface area contributed by atoms with Crippen molar-refractivity contribution >= 4 is 11.6 Å². The molecule has 1 atom stereocenters. The monoisotopic (exact) mass is 168 g/mol. The summed E-state index contributed by atoms with van der Waals surface area (Å²) in [6.07, 6.45) is 2.80. The number of carbonyl (C=O) groups is 2. The number of hydrogen-bond donors (Lipinski definition) is 2. The van der Waals surface area contributed by atoms with Crippen LogP contribution in [0.25, 0.3) is 0 Å². The van der Waals surface area contributed by atoms with Crippen LogP contribution in [0.2, 0.25) is 0 Å². The molecule has 0 bridgehead atoms. The maximum absolute atomic E-state index is 11.1. The van der Waals surface area contributed by atoms with Gasteiger partial charge in [-0.3, -0.25) is 9.59 Å².